The molecule has 2 aromatic carbocycles. The fourth-order valence-corrected chi connectivity index (χ4v) is 3.60. The first-order chi connectivity index (χ1) is 15.6. The second-order valence-electron chi connectivity index (χ2n) is 8.58. The normalized spacial score (nSPS) is 13.7. The highest BCUT2D eigenvalue weighted by Gasteiger charge is 2.29. The Kier molecular flexibility index (Phi) is 9.35. The number of aliphatic carboxylic acids is 1. The molecular weight excluding hydrogens is 426 g/mol. The van der Waals surface area contributed by atoms with Gasteiger partial charge in [-0.15, -0.1) is 0 Å². The molecule has 0 saturated carbocycles. The van der Waals surface area contributed by atoms with Crippen LogP contribution in [0.4, 0.5) is 0 Å². The highest BCUT2D eigenvalue weighted by atomic mass is 16.5. The Morgan fingerprint density at radius 3 is 2.18 bits per heavy atom. The zero-order valence-corrected chi connectivity index (χ0v) is 19.0. The summed E-state index contributed by atoms with van der Waals surface area (Å²) in [6.45, 7) is 5.12. The Labute approximate surface area is 192 Å². The molecule has 5 N–H and O–H groups in total. The highest BCUT2D eigenvalue weighted by Crippen LogP contribution is 2.19. The summed E-state index contributed by atoms with van der Waals surface area (Å²) in [7, 11) is 0. The molecule has 0 heterocycles. The molecule has 2 aromatic rings. The lowest BCUT2D eigenvalue weighted by Crippen LogP contribution is -2.53. The third-order valence-electron chi connectivity index (χ3n) is 5.30. The third-order valence-corrected chi connectivity index (χ3v) is 5.30. The number of carboxylic acids is 1. The molecule has 0 spiro atoms. The van der Waals surface area contributed by atoms with Gasteiger partial charge in [0.25, 0.3) is 0 Å². The van der Waals surface area contributed by atoms with Gasteiger partial charge < -0.3 is 15.7 Å². The van der Waals surface area contributed by atoms with Gasteiger partial charge in [0.2, 0.25) is 17.7 Å². The number of amides is 3. The van der Waals surface area contributed by atoms with Gasteiger partial charge in [0.15, 0.2) is 0 Å². The van der Waals surface area contributed by atoms with Crippen LogP contribution < -0.4 is 16.1 Å². The minimum absolute atomic E-state index is 0.0899. The van der Waals surface area contributed by atoms with E-state index in [0.29, 0.717) is 6.42 Å². The molecule has 9 heteroatoms. The van der Waals surface area contributed by atoms with Crippen molar-refractivity contribution in [2.24, 2.45) is 11.8 Å². The molecule has 0 radical (unpaired) electrons. The third kappa shape index (κ3) is 7.87. The van der Waals surface area contributed by atoms with Crippen molar-refractivity contribution in [2.45, 2.75) is 52.1 Å². The standard InChI is InChI=1S/C24H31N3O6/c1-14(2)10-19(13-21(28)27-33)22(29)26-20(23(30)25-15(3)24(31)32)12-16-8-9-17-6-4-5-7-18(17)11-16/h4-9,11,14-15,19-20,33H,10,12-13H2,1-3H3,(H,25,30)(H,26,29)(H,27,28)(H,31,32)/t15-,19-,20-/m0/s1. The SMILES string of the molecule is CC(C)C[C@@H](CC(=O)NO)C(=O)N[C@@H](Cc1ccc2ccccc2c1)C(=O)N[C@@H](C)C(=O)O. The molecule has 3 atom stereocenters. The minimum Gasteiger partial charge on any atom is -0.480 e. The lowest BCUT2D eigenvalue weighted by molar-refractivity contribution is -0.142. The number of carboxylic acid groups (broad SMARTS) is 1. The average molecular weight is 458 g/mol. The molecule has 2 rings (SSSR count). The van der Waals surface area contributed by atoms with E-state index in [0.717, 1.165) is 16.3 Å². The van der Waals surface area contributed by atoms with Gasteiger partial charge in [-0.1, -0.05) is 56.3 Å². The molecule has 3 amide bonds. The first-order valence-electron chi connectivity index (χ1n) is 10.8. The summed E-state index contributed by atoms with van der Waals surface area (Å²) in [6.07, 6.45) is 0.265. The van der Waals surface area contributed by atoms with Crippen LogP contribution in [0.15, 0.2) is 42.5 Å². The molecule has 9 nitrogen and oxygen atoms in total. The van der Waals surface area contributed by atoms with E-state index in [1.165, 1.54) is 12.4 Å². The monoisotopic (exact) mass is 457 g/mol. The number of carbonyl (C=O) groups excluding carboxylic acids is 3. The number of rotatable bonds is 11. The average Bonchev–Trinajstić information content (AvgIpc) is 2.77. The van der Waals surface area contributed by atoms with Gasteiger partial charge >= 0.3 is 5.97 Å². The van der Waals surface area contributed by atoms with Crippen molar-refractivity contribution in [3.05, 3.63) is 48.0 Å². The van der Waals surface area contributed by atoms with Crippen molar-refractivity contribution in [3.8, 4) is 0 Å². The fourth-order valence-electron chi connectivity index (χ4n) is 3.60. The van der Waals surface area contributed by atoms with Crippen LogP contribution in [0.3, 0.4) is 0 Å². The van der Waals surface area contributed by atoms with Gasteiger partial charge in [-0.05, 0) is 35.6 Å². The number of carbonyl (C=O) groups is 4. The predicted molar refractivity (Wildman–Crippen MR) is 122 cm³/mol. The number of benzene rings is 2. The van der Waals surface area contributed by atoms with Crippen molar-refractivity contribution < 1.29 is 29.5 Å². The summed E-state index contributed by atoms with van der Waals surface area (Å²) in [5.41, 5.74) is 2.31. The Balaban J connectivity index is 2.27. The van der Waals surface area contributed by atoms with Gasteiger partial charge in [0.1, 0.15) is 12.1 Å². The van der Waals surface area contributed by atoms with Crippen LogP contribution in [-0.4, -0.2) is 46.1 Å². The van der Waals surface area contributed by atoms with Gasteiger partial charge in [0, 0.05) is 18.8 Å². The molecule has 0 fully saturated rings. The Morgan fingerprint density at radius 1 is 0.909 bits per heavy atom. The fraction of sp³-hybridized carbons (Fsp3) is 0.417. The Bertz CT molecular complexity index is 1010. The van der Waals surface area contributed by atoms with Gasteiger partial charge in [-0.2, -0.15) is 0 Å². The van der Waals surface area contributed by atoms with Crippen LogP contribution in [0, 0.1) is 11.8 Å². The van der Waals surface area contributed by atoms with E-state index in [1.807, 2.05) is 56.3 Å². The number of hydrogen-bond acceptors (Lipinski definition) is 5. The maximum Gasteiger partial charge on any atom is 0.325 e. The molecule has 0 aliphatic carbocycles. The quantitative estimate of drug-likeness (QED) is 0.258. The first-order valence-corrected chi connectivity index (χ1v) is 10.8. The maximum atomic E-state index is 13.0. The zero-order valence-electron chi connectivity index (χ0n) is 19.0. The molecule has 0 bridgehead atoms. The van der Waals surface area contributed by atoms with Crippen LogP contribution in [-0.2, 0) is 25.6 Å². The van der Waals surface area contributed by atoms with E-state index in [9.17, 15) is 19.2 Å². The van der Waals surface area contributed by atoms with Crippen molar-refractivity contribution in [3.63, 3.8) is 0 Å². The lowest BCUT2D eigenvalue weighted by atomic mass is 9.92. The second kappa shape index (κ2) is 12.0. The maximum absolute atomic E-state index is 13.0. The number of hydrogen-bond donors (Lipinski definition) is 5. The summed E-state index contributed by atoms with van der Waals surface area (Å²) >= 11 is 0. The number of hydroxylamine groups is 1. The van der Waals surface area contributed by atoms with Crippen LogP contribution in [0.2, 0.25) is 0 Å². The Hall–Kier alpha value is -3.46. The molecular formula is C24H31N3O6. The predicted octanol–water partition coefficient (Wildman–Crippen LogP) is 2.01. The summed E-state index contributed by atoms with van der Waals surface area (Å²) < 4.78 is 0. The van der Waals surface area contributed by atoms with Crippen LogP contribution in [0.1, 0.15) is 39.2 Å². The first kappa shape index (κ1) is 25.8. The van der Waals surface area contributed by atoms with E-state index in [2.05, 4.69) is 10.6 Å². The van der Waals surface area contributed by atoms with Crippen molar-refractivity contribution in [1.82, 2.24) is 16.1 Å². The van der Waals surface area contributed by atoms with Crippen molar-refractivity contribution in [1.29, 1.82) is 0 Å². The molecule has 0 aliphatic rings. The Morgan fingerprint density at radius 2 is 1.58 bits per heavy atom. The van der Waals surface area contributed by atoms with Gasteiger partial charge in [0.05, 0.1) is 0 Å². The smallest absolute Gasteiger partial charge is 0.325 e. The molecule has 0 aromatic heterocycles. The van der Waals surface area contributed by atoms with Crippen LogP contribution >= 0.6 is 0 Å². The number of fused-ring (bicyclic) bond motifs is 1. The molecule has 178 valence electrons. The van der Waals surface area contributed by atoms with E-state index in [-0.39, 0.29) is 18.8 Å². The molecule has 33 heavy (non-hydrogen) atoms. The minimum atomic E-state index is -1.20. The van der Waals surface area contributed by atoms with E-state index >= 15 is 0 Å². The lowest BCUT2D eigenvalue weighted by Gasteiger charge is -2.24. The van der Waals surface area contributed by atoms with E-state index in [1.54, 1.807) is 0 Å². The molecule has 0 saturated heterocycles. The van der Waals surface area contributed by atoms with Gasteiger partial charge in [-0.25, -0.2) is 5.48 Å². The van der Waals surface area contributed by atoms with Crippen molar-refractivity contribution in [2.75, 3.05) is 0 Å². The second-order valence-corrected chi connectivity index (χ2v) is 8.58. The topological polar surface area (TPSA) is 145 Å². The van der Waals surface area contributed by atoms with E-state index < -0.39 is 41.7 Å². The zero-order chi connectivity index (χ0) is 24.5. The molecule has 0 unspecified atom stereocenters. The summed E-state index contributed by atoms with van der Waals surface area (Å²) in [6, 6.07) is 11.2. The van der Waals surface area contributed by atoms with Crippen LogP contribution in [0.25, 0.3) is 10.8 Å². The molecule has 0 aliphatic heterocycles. The van der Waals surface area contributed by atoms with E-state index in [4.69, 9.17) is 10.3 Å². The summed E-state index contributed by atoms with van der Waals surface area (Å²) in [5.74, 6) is -3.73. The van der Waals surface area contributed by atoms with Crippen LogP contribution in [0.5, 0.6) is 0 Å². The summed E-state index contributed by atoms with van der Waals surface area (Å²) in [4.78, 5) is 48.8. The number of nitrogens with one attached hydrogen (secondary N) is 3. The largest absolute Gasteiger partial charge is 0.480 e. The van der Waals surface area contributed by atoms with Crippen molar-refractivity contribution >= 4 is 34.5 Å². The van der Waals surface area contributed by atoms with Gasteiger partial charge in [-0.3, -0.25) is 24.4 Å². The highest BCUT2D eigenvalue weighted by molar-refractivity contribution is 5.92. The summed E-state index contributed by atoms with van der Waals surface area (Å²) in [5, 5.41) is 25.1.